The van der Waals surface area contributed by atoms with Gasteiger partial charge in [-0.2, -0.15) is 0 Å². The van der Waals surface area contributed by atoms with Gasteiger partial charge in [-0.15, -0.1) is 0 Å². The summed E-state index contributed by atoms with van der Waals surface area (Å²) in [6, 6.07) is 20.5. The van der Waals surface area contributed by atoms with Crippen molar-refractivity contribution < 1.29 is 9.66 Å². The van der Waals surface area contributed by atoms with Gasteiger partial charge in [0.05, 0.1) is 4.92 Å². The van der Waals surface area contributed by atoms with Gasteiger partial charge >= 0.3 is 0 Å². The molecule has 0 aliphatic rings. The highest BCUT2D eigenvalue weighted by Crippen LogP contribution is 2.26. The number of nitrogens with zero attached hydrogens (tertiary/aromatic N) is 2. The molecule has 0 N–H and O–H groups in total. The quantitative estimate of drug-likeness (QED) is 0.515. The summed E-state index contributed by atoms with van der Waals surface area (Å²) in [6.07, 6.45) is 0. The molecule has 0 bridgehead atoms. The van der Waals surface area contributed by atoms with Crippen LogP contribution >= 0.6 is 0 Å². The summed E-state index contributed by atoms with van der Waals surface area (Å²) >= 11 is 0. The van der Waals surface area contributed by atoms with Crippen LogP contribution in [0.5, 0.6) is 11.6 Å². The Morgan fingerprint density at radius 3 is 2.17 bits per heavy atom. The smallest absolute Gasteiger partial charge is 0.290 e. The molecule has 1 heterocycles. The first-order valence-electron chi connectivity index (χ1n) is 7.09. The molecule has 2 aromatic carbocycles. The maximum absolute atomic E-state index is 10.8. The lowest BCUT2D eigenvalue weighted by Gasteiger charge is -2.07. The van der Waals surface area contributed by atoms with Crippen molar-refractivity contribution in [2.24, 2.45) is 0 Å². The van der Waals surface area contributed by atoms with E-state index in [1.165, 1.54) is 12.1 Å². The summed E-state index contributed by atoms with van der Waals surface area (Å²) in [5.41, 5.74) is 2.53. The fourth-order valence-electron chi connectivity index (χ4n) is 2.25. The molecule has 1 aromatic heterocycles. The van der Waals surface area contributed by atoms with Crippen molar-refractivity contribution in [3.63, 3.8) is 0 Å². The maximum atomic E-state index is 10.8. The first-order valence-corrected chi connectivity index (χ1v) is 7.09. The summed E-state index contributed by atoms with van der Waals surface area (Å²) in [7, 11) is 0. The summed E-state index contributed by atoms with van der Waals surface area (Å²) in [4.78, 5) is 14.4. The summed E-state index contributed by atoms with van der Waals surface area (Å²) < 4.78 is 5.65. The Balaban J connectivity index is 1.79. The van der Waals surface area contributed by atoms with Crippen LogP contribution in [-0.4, -0.2) is 9.91 Å². The van der Waals surface area contributed by atoms with Crippen LogP contribution in [-0.2, 0) is 0 Å². The Morgan fingerprint density at radius 1 is 0.913 bits per heavy atom. The van der Waals surface area contributed by atoms with Crippen LogP contribution in [0.3, 0.4) is 0 Å². The maximum Gasteiger partial charge on any atom is 0.290 e. The number of hydrogen-bond donors (Lipinski definition) is 0. The minimum Gasteiger partial charge on any atom is -0.439 e. The molecule has 0 fully saturated rings. The SMILES string of the molecule is Cc1nc(Oc2ccc(-c3ccccc3)cc2)ccc1[N+](=O)[O-]. The fourth-order valence-corrected chi connectivity index (χ4v) is 2.25. The van der Waals surface area contributed by atoms with E-state index in [9.17, 15) is 10.1 Å². The third kappa shape index (κ3) is 3.35. The first-order chi connectivity index (χ1) is 11.1. The molecule has 23 heavy (non-hydrogen) atoms. The average molecular weight is 306 g/mol. The number of pyridine rings is 1. The zero-order valence-electron chi connectivity index (χ0n) is 12.5. The normalized spacial score (nSPS) is 10.3. The van der Waals surface area contributed by atoms with E-state index in [4.69, 9.17) is 4.74 Å². The predicted octanol–water partition coefficient (Wildman–Crippen LogP) is 4.76. The molecule has 0 amide bonds. The van der Waals surface area contributed by atoms with E-state index in [1.807, 2.05) is 54.6 Å². The Labute approximate surface area is 133 Å². The van der Waals surface area contributed by atoms with Gasteiger partial charge in [0.15, 0.2) is 0 Å². The third-order valence-electron chi connectivity index (χ3n) is 3.41. The van der Waals surface area contributed by atoms with Gasteiger partial charge in [0.25, 0.3) is 5.69 Å². The number of rotatable bonds is 4. The molecule has 0 radical (unpaired) electrons. The molecule has 0 unspecified atom stereocenters. The van der Waals surface area contributed by atoms with E-state index in [-0.39, 0.29) is 5.69 Å². The summed E-state index contributed by atoms with van der Waals surface area (Å²) in [5, 5.41) is 10.8. The molecular weight excluding hydrogens is 292 g/mol. The second kappa shape index (κ2) is 6.27. The number of aromatic nitrogens is 1. The average Bonchev–Trinajstić information content (AvgIpc) is 2.56. The van der Waals surface area contributed by atoms with Crippen molar-refractivity contribution in [1.29, 1.82) is 0 Å². The van der Waals surface area contributed by atoms with E-state index >= 15 is 0 Å². The summed E-state index contributed by atoms with van der Waals surface area (Å²) in [6.45, 7) is 1.59. The van der Waals surface area contributed by atoms with Crippen molar-refractivity contribution in [1.82, 2.24) is 4.98 Å². The number of aryl methyl sites for hydroxylation is 1. The molecular formula is C18H14N2O3. The van der Waals surface area contributed by atoms with Gasteiger partial charge in [-0.3, -0.25) is 10.1 Å². The van der Waals surface area contributed by atoms with Crippen LogP contribution in [0.2, 0.25) is 0 Å². The van der Waals surface area contributed by atoms with Gasteiger partial charge in [0, 0.05) is 12.1 Å². The fraction of sp³-hybridized carbons (Fsp3) is 0.0556. The topological polar surface area (TPSA) is 65.3 Å². The molecule has 5 nitrogen and oxygen atoms in total. The van der Waals surface area contributed by atoms with Crippen molar-refractivity contribution in [3.05, 3.63) is 82.5 Å². The lowest BCUT2D eigenvalue weighted by atomic mass is 10.1. The lowest BCUT2D eigenvalue weighted by Crippen LogP contribution is -1.96. The van der Waals surface area contributed by atoms with Gasteiger partial charge in [-0.05, 0) is 30.2 Å². The molecule has 0 atom stereocenters. The molecule has 0 aliphatic heterocycles. The highest BCUT2D eigenvalue weighted by Gasteiger charge is 2.12. The standard InChI is InChI=1S/C18H14N2O3/c1-13-17(20(21)22)11-12-18(19-13)23-16-9-7-15(8-10-16)14-5-3-2-4-6-14/h2-12H,1H3. The van der Waals surface area contributed by atoms with Crippen LogP contribution in [0, 0.1) is 17.0 Å². The van der Waals surface area contributed by atoms with Gasteiger partial charge in [-0.1, -0.05) is 42.5 Å². The molecule has 3 rings (SSSR count). The second-order valence-electron chi connectivity index (χ2n) is 5.00. The molecule has 0 saturated heterocycles. The molecule has 0 aliphatic carbocycles. The predicted molar refractivity (Wildman–Crippen MR) is 87.6 cm³/mol. The van der Waals surface area contributed by atoms with Gasteiger partial charge < -0.3 is 4.74 Å². The van der Waals surface area contributed by atoms with Crippen LogP contribution < -0.4 is 4.74 Å². The van der Waals surface area contributed by atoms with Crippen molar-refractivity contribution in [2.45, 2.75) is 6.92 Å². The monoisotopic (exact) mass is 306 g/mol. The molecule has 5 heteroatoms. The van der Waals surface area contributed by atoms with Gasteiger partial charge in [0.1, 0.15) is 11.4 Å². The van der Waals surface area contributed by atoms with Crippen molar-refractivity contribution >= 4 is 5.69 Å². The van der Waals surface area contributed by atoms with E-state index in [0.717, 1.165) is 11.1 Å². The van der Waals surface area contributed by atoms with Crippen LogP contribution in [0.15, 0.2) is 66.7 Å². The molecule has 0 spiro atoms. The lowest BCUT2D eigenvalue weighted by molar-refractivity contribution is -0.385. The Morgan fingerprint density at radius 2 is 1.57 bits per heavy atom. The number of ether oxygens (including phenoxy) is 1. The highest BCUT2D eigenvalue weighted by atomic mass is 16.6. The highest BCUT2D eigenvalue weighted by molar-refractivity contribution is 5.64. The largest absolute Gasteiger partial charge is 0.439 e. The zero-order valence-corrected chi connectivity index (χ0v) is 12.5. The van der Waals surface area contributed by atoms with Gasteiger partial charge in [0.2, 0.25) is 5.88 Å². The van der Waals surface area contributed by atoms with E-state index in [2.05, 4.69) is 4.98 Å². The third-order valence-corrected chi connectivity index (χ3v) is 3.41. The van der Waals surface area contributed by atoms with Crippen LogP contribution in [0.25, 0.3) is 11.1 Å². The van der Waals surface area contributed by atoms with Gasteiger partial charge in [-0.25, -0.2) is 4.98 Å². The first kappa shape index (κ1) is 14.7. The van der Waals surface area contributed by atoms with E-state index < -0.39 is 4.92 Å². The van der Waals surface area contributed by atoms with Crippen LogP contribution in [0.4, 0.5) is 5.69 Å². The van der Waals surface area contributed by atoms with Crippen molar-refractivity contribution in [2.75, 3.05) is 0 Å². The Hall–Kier alpha value is -3.21. The van der Waals surface area contributed by atoms with Crippen molar-refractivity contribution in [3.8, 4) is 22.8 Å². The second-order valence-corrected chi connectivity index (χ2v) is 5.00. The zero-order chi connectivity index (χ0) is 16.2. The number of nitro groups is 1. The van der Waals surface area contributed by atoms with Crippen LogP contribution in [0.1, 0.15) is 5.69 Å². The summed E-state index contributed by atoms with van der Waals surface area (Å²) in [5.74, 6) is 0.964. The minimum atomic E-state index is -0.458. The Kier molecular flexibility index (Phi) is 4.01. The van der Waals surface area contributed by atoms with E-state index in [0.29, 0.717) is 17.3 Å². The molecule has 0 saturated carbocycles. The molecule has 114 valence electrons. The number of benzene rings is 2. The number of hydrogen-bond acceptors (Lipinski definition) is 4. The molecule has 3 aromatic rings. The van der Waals surface area contributed by atoms with E-state index in [1.54, 1.807) is 6.92 Å². The minimum absolute atomic E-state index is 0.0169. The Bertz CT molecular complexity index is 831.